The SMILES string of the molecule is Cc1nn(C(C)(C)C)c2nc(C3CC3)cc(C(=O)NCCCN3C(=O)CCC3=O)c12. The molecule has 2 aromatic rings. The number of nitrogens with zero attached hydrogens (tertiary/aromatic N) is 4. The van der Waals surface area contributed by atoms with E-state index in [2.05, 4.69) is 31.2 Å². The molecule has 0 spiro atoms. The Morgan fingerprint density at radius 2 is 1.87 bits per heavy atom. The Labute approximate surface area is 176 Å². The van der Waals surface area contributed by atoms with Crippen molar-refractivity contribution in [2.24, 2.45) is 0 Å². The summed E-state index contributed by atoms with van der Waals surface area (Å²) in [4.78, 5) is 42.6. The van der Waals surface area contributed by atoms with Crippen LogP contribution in [0.2, 0.25) is 0 Å². The molecule has 0 radical (unpaired) electrons. The lowest BCUT2D eigenvalue weighted by Gasteiger charge is -2.20. The second-order valence-corrected chi connectivity index (χ2v) is 9.28. The maximum Gasteiger partial charge on any atom is 0.252 e. The number of likely N-dealkylation sites (tertiary alicyclic amines) is 1. The van der Waals surface area contributed by atoms with Crippen LogP contribution in [0.25, 0.3) is 11.0 Å². The van der Waals surface area contributed by atoms with Crippen molar-refractivity contribution in [1.82, 2.24) is 25.0 Å². The smallest absolute Gasteiger partial charge is 0.252 e. The summed E-state index contributed by atoms with van der Waals surface area (Å²) in [5.41, 5.74) is 2.84. The lowest BCUT2D eigenvalue weighted by Crippen LogP contribution is -2.33. The first-order chi connectivity index (χ1) is 14.2. The molecule has 8 nitrogen and oxygen atoms in total. The average molecular weight is 412 g/mol. The molecule has 1 aliphatic carbocycles. The lowest BCUT2D eigenvalue weighted by molar-refractivity contribution is -0.138. The van der Waals surface area contributed by atoms with Crippen molar-refractivity contribution >= 4 is 28.8 Å². The summed E-state index contributed by atoms with van der Waals surface area (Å²) in [6.45, 7) is 8.87. The van der Waals surface area contributed by atoms with Gasteiger partial charge in [0.15, 0.2) is 5.65 Å². The molecule has 0 bridgehead atoms. The third-order valence-corrected chi connectivity index (χ3v) is 5.71. The number of imide groups is 1. The Balaban J connectivity index is 1.55. The molecule has 3 heterocycles. The summed E-state index contributed by atoms with van der Waals surface area (Å²) in [7, 11) is 0. The number of hydrogen-bond donors (Lipinski definition) is 1. The number of nitrogens with one attached hydrogen (secondary N) is 1. The predicted molar refractivity (Wildman–Crippen MR) is 112 cm³/mol. The van der Waals surface area contributed by atoms with Gasteiger partial charge in [0.05, 0.1) is 22.2 Å². The minimum Gasteiger partial charge on any atom is -0.352 e. The summed E-state index contributed by atoms with van der Waals surface area (Å²) in [5, 5.41) is 8.42. The molecule has 160 valence electrons. The van der Waals surface area contributed by atoms with Gasteiger partial charge in [-0.15, -0.1) is 0 Å². The summed E-state index contributed by atoms with van der Waals surface area (Å²) in [6, 6.07) is 1.91. The first-order valence-electron chi connectivity index (χ1n) is 10.7. The number of aryl methyl sites for hydroxylation is 1. The summed E-state index contributed by atoms with van der Waals surface area (Å²) in [6.07, 6.45) is 3.32. The van der Waals surface area contributed by atoms with Gasteiger partial charge < -0.3 is 5.32 Å². The molecule has 2 fully saturated rings. The summed E-state index contributed by atoms with van der Waals surface area (Å²) in [5.74, 6) is -0.000346. The normalized spacial score (nSPS) is 17.3. The summed E-state index contributed by atoms with van der Waals surface area (Å²) >= 11 is 0. The monoisotopic (exact) mass is 411 g/mol. The largest absolute Gasteiger partial charge is 0.352 e. The quantitative estimate of drug-likeness (QED) is 0.582. The van der Waals surface area contributed by atoms with Crippen molar-refractivity contribution in [3.63, 3.8) is 0 Å². The van der Waals surface area contributed by atoms with E-state index in [4.69, 9.17) is 4.98 Å². The van der Waals surface area contributed by atoms with Crippen molar-refractivity contribution in [2.75, 3.05) is 13.1 Å². The highest BCUT2D eigenvalue weighted by atomic mass is 16.2. The Bertz CT molecular complexity index is 1010. The Hall–Kier alpha value is -2.77. The number of fused-ring (bicyclic) bond motifs is 1. The van der Waals surface area contributed by atoms with E-state index in [0.717, 1.165) is 35.3 Å². The van der Waals surface area contributed by atoms with Crippen LogP contribution >= 0.6 is 0 Å². The number of carbonyl (C=O) groups is 3. The van der Waals surface area contributed by atoms with Crippen LogP contribution in [0.3, 0.4) is 0 Å². The molecular weight excluding hydrogens is 382 g/mol. The highest BCUT2D eigenvalue weighted by Gasteiger charge is 2.31. The van der Waals surface area contributed by atoms with Crippen LogP contribution in [0, 0.1) is 6.92 Å². The highest BCUT2D eigenvalue weighted by Crippen LogP contribution is 2.41. The molecule has 30 heavy (non-hydrogen) atoms. The second kappa shape index (κ2) is 7.49. The number of rotatable bonds is 6. The van der Waals surface area contributed by atoms with Gasteiger partial charge in [-0.1, -0.05) is 0 Å². The molecule has 8 heteroatoms. The van der Waals surface area contributed by atoms with Crippen LogP contribution in [0.1, 0.15) is 80.5 Å². The zero-order valence-electron chi connectivity index (χ0n) is 18.1. The van der Waals surface area contributed by atoms with E-state index in [1.54, 1.807) is 0 Å². The topological polar surface area (TPSA) is 97.2 Å². The molecule has 0 aromatic carbocycles. The first-order valence-corrected chi connectivity index (χ1v) is 10.7. The molecule has 1 saturated heterocycles. The van der Waals surface area contributed by atoms with E-state index in [0.29, 0.717) is 43.8 Å². The van der Waals surface area contributed by atoms with Crippen LogP contribution in [0.5, 0.6) is 0 Å². The Kier molecular flexibility index (Phi) is 5.11. The maximum atomic E-state index is 13.1. The number of hydrogen-bond acceptors (Lipinski definition) is 5. The van der Waals surface area contributed by atoms with Gasteiger partial charge in [0, 0.05) is 37.5 Å². The van der Waals surface area contributed by atoms with Crippen LogP contribution in [-0.4, -0.2) is 50.5 Å². The molecule has 0 unspecified atom stereocenters. The van der Waals surface area contributed by atoms with Crippen LogP contribution in [-0.2, 0) is 15.1 Å². The van der Waals surface area contributed by atoms with Crippen molar-refractivity contribution < 1.29 is 14.4 Å². The fourth-order valence-corrected chi connectivity index (χ4v) is 3.95. The van der Waals surface area contributed by atoms with Gasteiger partial charge in [-0.25, -0.2) is 9.67 Å². The van der Waals surface area contributed by atoms with Gasteiger partial charge in [0.1, 0.15) is 0 Å². The first kappa shape index (κ1) is 20.5. The summed E-state index contributed by atoms with van der Waals surface area (Å²) < 4.78 is 1.91. The molecule has 1 N–H and O–H groups in total. The van der Waals surface area contributed by atoms with E-state index in [9.17, 15) is 14.4 Å². The van der Waals surface area contributed by atoms with Crippen molar-refractivity contribution in [3.8, 4) is 0 Å². The Morgan fingerprint density at radius 1 is 1.20 bits per heavy atom. The Morgan fingerprint density at radius 3 is 2.47 bits per heavy atom. The third kappa shape index (κ3) is 3.82. The number of amides is 3. The van der Waals surface area contributed by atoms with E-state index < -0.39 is 0 Å². The minimum atomic E-state index is -0.246. The van der Waals surface area contributed by atoms with Crippen molar-refractivity contribution in [2.45, 2.75) is 71.3 Å². The fourth-order valence-electron chi connectivity index (χ4n) is 3.95. The molecule has 4 rings (SSSR count). The van der Waals surface area contributed by atoms with Crippen LogP contribution in [0.4, 0.5) is 0 Å². The third-order valence-electron chi connectivity index (χ3n) is 5.71. The number of aromatic nitrogens is 3. The molecule has 1 saturated carbocycles. The van der Waals surface area contributed by atoms with Gasteiger partial charge in [-0.2, -0.15) is 5.10 Å². The molecule has 3 amide bonds. The van der Waals surface area contributed by atoms with Gasteiger partial charge in [-0.05, 0) is 53.0 Å². The molecule has 1 aliphatic heterocycles. The van der Waals surface area contributed by atoms with E-state index in [-0.39, 0.29) is 23.3 Å². The average Bonchev–Trinajstić information content (AvgIpc) is 3.41. The predicted octanol–water partition coefficient (Wildman–Crippen LogP) is 2.64. The van der Waals surface area contributed by atoms with Gasteiger partial charge in [-0.3, -0.25) is 19.3 Å². The zero-order chi connectivity index (χ0) is 21.6. The number of carbonyl (C=O) groups excluding carboxylic acids is 3. The molecule has 2 aromatic heterocycles. The van der Waals surface area contributed by atoms with E-state index >= 15 is 0 Å². The molecule has 0 atom stereocenters. The number of pyridine rings is 1. The maximum absolute atomic E-state index is 13.1. The van der Waals surface area contributed by atoms with Crippen molar-refractivity contribution in [1.29, 1.82) is 0 Å². The fraction of sp³-hybridized carbons (Fsp3) is 0.591. The highest BCUT2D eigenvalue weighted by molar-refractivity contribution is 6.06. The van der Waals surface area contributed by atoms with Gasteiger partial charge in [0.2, 0.25) is 11.8 Å². The second-order valence-electron chi connectivity index (χ2n) is 9.28. The lowest BCUT2D eigenvalue weighted by atomic mass is 10.1. The standard InChI is InChI=1S/C22H29N5O3/c1-13-19-15(21(30)23-10-5-11-26-17(28)8-9-18(26)29)12-16(14-6-7-14)24-20(19)27(25-13)22(2,3)4/h12,14H,5-11H2,1-4H3,(H,23,30). The van der Waals surface area contributed by atoms with Crippen molar-refractivity contribution in [3.05, 3.63) is 23.0 Å². The van der Waals surface area contributed by atoms with E-state index in [1.165, 1.54) is 4.90 Å². The van der Waals surface area contributed by atoms with Crippen LogP contribution in [0.15, 0.2) is 6.07 Å². The zero-order valence-corrected chi connectivity index (χ0v) is 18.1. The minimum absolute atomic E-state index is 0.124. The van der Waals surface area contributed by atoms with Crippen LogP contribution < -0.4 is 5.32 Å². The van der Waals surface area contributed by atoms with Gasteiger partial charge in [0.25, 0.3) is 5.91 Å². The van der Waals surface area contributed by atoms with E-state index in [1.807, 2.05) is 17.7 Å². The molecular formula is C22H29N5O3. The van der Waals surface area contributed by atoms with Gasteiger partial charge >= 0.3 is 0 Å². The molecule has 2 aliphatic rings.